The first-order valence-electron chi connectivity index (χ1n) is 9.20. The first-order chi connectivity index (χ1) is 12.2. The summed E-state index contributed by atoms with van der Waals surface area (Å²) in [5.41, 5.74) is 2.12. The van der Waals surface area contributed by atoms with Gasteiger partial charge in [-0.2, -0.15) is 0 Å². The number of hydrogen-bond acceptors (Lipinski definition) is 3. The summed E-state index contributed by atoms with van der Waals surface area (Å²) in [5, 5.41) is 3.03. The number of fused-ring (bicyclic) bond motifs is 1. The molecule has 2 amide bonds. The molecule has 2 aromatic rings. The molecule has 25 heavy (non-hydrogen) atoms. The highest BCUT2D eigenvalue weighted by atomic mass is 16.5. The molecule has 1 aliphatic rings. The fraction of sp³-hybridized carbons (Fsp3) is 0.579. The number of benzene rings is 1. The fourth-order valence-corrected chi connectivity index (χ4v) is 3.36. The van der Waals surface area contributed by atoms with Crippen molar-refractivity contribution >= 4 is 17.1 Å². The van der Waals surface area contributed by atoms with Crippen molar-refractivity contribution in [2.45, 2.75) is 26.2 Å². The molecular formula is C19H28N4O2. The van der Waals surface area contributed by atoms with Crippen LogP contribution < -0.4 is 5.32 Å². The minimum Gasteiger partial charge on any atom is -0.381 e. The number of rotatable bonds is 7. The first kappa shape index (κ1) is 17.7. The van der Waals surface area contributed by atoms with Crippen molar-refractivity contribution in [1.82, 2.24) is 19.8 Å². The fourth-order valence-electron chi connectivity index (χ4n) is 3.36. The number of carbonyl (C=O) groups is 1. The molecule has 1 aliphatic heterocycles. The van der Waals surface area contributed by atoms with Crippen LogP contribution in [0.3, 0.4) is 0 Å². The second kappa shape index (κ2) is 8.34. The normalized spacial score (nSPS) is 17.4. The Morgan fingerprint density at radius 2 is 2.24 bits per heavy atom. The maximum Gasteiger partial charge on any atom is 0.317 e. The third kappa shape index (κ3) is 4.31. The lowest BCUT2D eigenvalue weighted by atomic mass is 10.1. The number of hydrogen-bond donors (Lipinski definition) is 1. The number of imidazole rings is 1. The van der Waals surface area contributed by atoms with Crippen LogP contribution in [-0.4, -0.2) is 53.3 Å². The smallest absolute Gasteiger partial charge is 0.317 e. The van der Waals surface area contributed by atoms with E-state index in [0.29, 0.717) is 12.5 Å². The maximum absolute atomic E-state index is 12.3. The maximum atomic E-state index is 12.3. The number of likely N-dealkylation sites (tertiary alicyclic amines) is 1. The summed E-state index contributed by atoms with van der Waals surface area (Å²) < 4.78 is 7.70. The van der Waals surface area contributed by atoms with E-state index in [0.717, 1.165) is 62.4 Å². The van der Waals surface area contributed by atoms with Crippen molar-refractivity contribution in [2.75, 3.05) is 32.8 Å². The summed E-state index contributed by atoms with van der Waals surface area (Å²) in [7, 11) is 2.02. The highest BCUT2D eigenvalue weighted by Gasteiger charge is 2.26. The molecular weight excluding hydrogens is 316 g/mol. The van der Waals surface area contributed by atoms with Crippen molar-refractivity contribution in [3.8, 4) is 0 Å². The molecule has 1 atom stereocenters. The third-order valence-electron chi connectivity index (χ3n) is 4.78. The Morgan fingerprint density at radius 3 is 3.04 bits per heavy atom. The number of amides is 2. The molecule has 2 heterocycles. The number of aryl methyl sites for hydroxylation is 1. The highest BCUT2D eigenvalue weighted by molar-refractivity contribution is 5.76. The molecule has 0 unspecified atom stereocenters. The van der Waals surface area contributed by atoms with Crippen LogP contribution in [0.15, 0.2) is 24.3 Å². The Bertz CT molecular complexity index is 713. The number of carbonyl (C=O) groups excluding carboxylic acids is 1. The molecule has 6 nitrogen and oxygen atoms in total. The van der Waals surface area contributed by atoms with Gasteiger partial charge in [-0.05, 0) is 25.0 Å². The Labute approximate surface area is 149 Å². The third-order valence-corrected chi connectivity index (χ3v) is 4.78. The van der Waals surface area contributed by atoms with E-state index in [1.165, 1.54) is 0 Å². The number of para-hydroxylation sites is 2. The molecule has 0 bridgehead atoms. The van der Waals surface area contributed by atoms with Crippen LogP contribution in [0.5, 0.6) is 0 Å². The molecule has 1 N–H and O–H groups in total. The molecule has 1 saturated heterocycles. The van der Waals surface area contributed by atoms with Gasteiger partial charge in [-0.1, -0.05) is 19.1 Å². The molecule has 1 aromatic heterocycles. The average Bonchev–Trinajstić information content (AvgIpc) is 3.21. The van der Waals surface area contributed by atoms with Crippen LogP contribution in [0.2, 0.25) is 0 Å². The summed E-state index contributed by atoms with van der Waals surface area (Å²) >= 11 is 0. The van der Waals surface area contributed by atoms with E-state index in [-0.39, 0.29) is 6.03 Å². The van der Waals surface area contributed by atoms with E-state index in [1.807, 2.05) is 30.1 Å². The number of nitrogens with zero attached hydrogens (tertiary/aromatic N) is 3. The van der Waals surface area contributed by atoms with E-state index in [1.54, 1.807) is 0 Å². The van der Waals surface area contributed by atoms with Gasteiger partial charge in [0.05, 0.1) is 17.6 Å². The number of nitrogens with one attached hydrogen (secondary N) is 1. The Hall–Kier alpha value is -2.08. The van der Waals surface area contributed by atoms with E-state index in [4.69, 9.17) is 4.74 Å². The number of ether oxygens (including phenoxy) is 1. The van der Waals surface area contributed by atoms with E-state index >= 15 is 0 Å². The van der Waals surface area contributed by atoms with Gasteiger partial charge in [-0.25, -0.2) is 9.78 Å². The first-order valence-corrected chi connectivity index (χ1v) is 9.20. The molecule has 1 aromatic carbocycles. The van der Waals surface area contributed by atoms with Crippen molar-refractivity contribution in [2.24, 2.45) is 13.0 Å². The van der Waals surface area contributed by atoms with Crippen LogP contribution in [0.25, 0.3) is 11.0 Å². The summed E-state index contributed by atoms with van der Waals surface area (Å²) in [6.45, 7) is 5.89. The molecule has 0 aliphatic carbocycles. The summed E-state index contributed by atoms with van der Waals surface area (Å²) in [5.74, 6) is 1.46. The summed E-state index contributed by atoms with van der Waals surface area (Å²) in [4.78, 5) is 18.9. The summed E-state index contributed by atoms with van der Waals surface area (Å²) in [6, 6.07) is 8.12. The van der Waals surface area contributed by atoms with Gasteiger partial charge < -0.3 is 19.5 Å². The number of urea groups is 1. The van der Waals surface area contributed by atoms with Gasteiger partial charge in [-0.15, -0.1) is 0 Å². The molecule has 136 valence electrons. The second-order valence-electron chi connectivity index (χ2n) is 6.73. The zero-order chi connectivity index (χ0) is 17.6. The standard InChI is InChI=1S/C19H28N4O2/c1-3-12-25-14-15-9-11-23(13-15)19(24)20-10-8-18-21-16-6-4-5-7-17(16)22(18)2/h4-7,15H,3,8-14H2,1-2H3,(H,20,24)/t15-/m0/s1. The molecule has 0 saturated carbocycles. The van der Waals surface area contributed by atoms with Crippen LogP contribution in [-0.2, 0) is 18.2 Å². The Morgan fingerprint density at radius 1 is 1.40 bits per heavy atom. The minimum absolute atomic E-state index is 0.0248. The van der Waals surface area contributed by atoms with Crippen LogP contribution >= 0.6 is 0 Å². The predicted octanol–water partition coefficient (Wildman–Crippen LogP) is 2.57. The van der Waals surface area contributed by atoms with Crippen molar-refractivity contribution in [1.29, 1.82) is 0 Å². The molecule has 0 radical (unpaired) electrons. The molecule has 0 spiro atoms. The average molecular weight is 344 g/mol. The molecule has 6 heteroatoms. The second-order valence-corrected chi connectivity index (χ2v) is 6.73. The minimum atomic E-state index is 0.0248. The lowest BCUT2D eigenvalue weighted by Gasteiger charge is -2.17. The van der Waals surface area contributed by atoms with Crippen molar-refractivity contribution < 1.29 is 9.53 Å². The van der Waals surface area contributed by atoms with Gasteiger partial charge >= 0.3 is 6.03 Å². The molecule has 3 rings (SSSR count). The largest absolute Gasteiger partial charge is 0.381 e. The quantitative estimate of drug-likeness (QED) is 0.786. The Balaban J connectivity index is 1.44. The van der Waals surface area contributed by atoms with Crippen LogP contribution in [0, 0.1) is 5.92 Å². The van der Waals surface area contributed by atoms with Crippen LogP contribution in [0.4, 0.5) is 4.79 Å². The summed E-state index contributed by atoms with van der Waals surface area (Å²) in [6.07, 6.45) is 2.80. The van der Waals surface area contributed by atoms with Gasteiger partial charge in [0, 0.05) is 45.6 Å². The predicted molar refractivity (Wildman–Crippen MR) is 98.6 cm³/mol. The van der Waals surface area contributed by atoms with Crippen molar-refractivity contribution in [3.63, 3.8) is 0 Å². The number of aromatic nitrogens is 2. The van der Waals surface area contributed by atoms with E-state index < -0.39 is 0 Å². The van der Waals surface area contributed by atoms with Gasteiger partial charge in [0.25, 0.3) is 0 Å². The van der Waals surface area contributed by atoms with Gasteiger partial charge in [0.15, 0.2) is 0 Å². The SMILES string of the molecule is CCCOC[C@H]1CCN(C(=O)NCCc2nc3ccccc3n2C)C1. The van der Waals surface area contributed by atoms with E-state index in [2.05, 4.69) is 27.9 Å². The lowest BCUT2D eigenvalue weighted by molar-refractivity contribution is 0.102. The zero-order valence-electron chi connectivity index (χ0n) is 15.2. The lowest BCUT2D eigenvalue weighted by Crippen LogP contribution is -2.39. The topological polar surface area (TPSA) is 59.4 Å². The van der Waals surface area contributed by atoms with Crippen LogP contribution in [0.1, 0.15) is 25.6 Å². The van der Waals surface area contributed by atoms with Gasteiger partial charge in [0.1, 0.15) is 5.82 Å². The Kier molecular flexibility index (Phi) is 5.91. The van der Waals surface area contributed by atoms with Gasteiger partial charge in [0.2, 0.25) is 0 Å². The molecule has 1 fully saturated rings. The highest BCUT2D eigenvalue weighted by Crippen LogP contribution is 2.17. The monoisotopic (exact) mass is 344 g/mol. The zero-order valence-corrected chi connectivity index (χ0v) is 15.2. The van der Waals surface area contributed by atoms with E-state index in [9.17, 15) is 4.79 Å². The van der Waals surface area contributed by atoms with Gasteiger partial charge in [-0.3, -0.25) is 0 Å². The van der Waals surface area contributed by atoms with Crippen molar-refractivity contribution in [3.05, 3.63) is 30.1 Å².